The Bertz CT molecular complexity index is 537. The quantitative estimate of drug-likeness (QED) is 0.731. The number of methoxy groups -OCH3 is 1. The minimum absolute atomic E-state index is 0.0914. The normalized spacial score (nSPS) is 13.2. The lowest BCUT2D eigenvalue weighted by molar-refractivity contribution is 0.0967. The number of sulfonamides is 1. The van der Waals surface area contributed by atoms with Crippen LogP contribution < -0.4 is 15.6 Å². The van der Waals surface area contributed by atoms with Crippen LogP contribution in [0.5, 0.6) is 5.75 Å². The van der Waals surface area contributed by atoms with Gasteiger partial charge in [0.25, 0.3) is 0 Å². The zero-order valence-electron chi connectivity index (χ0n) is 9.51. The molecule has 0 aliphatic rings. The number of primary sulfonamides is 1. The summed E-state index contributed by atoms with van der Waals surface area (Å²) < 4.78 is 27.5. The molecule has 1 unspecified atom stereocenters. The monoisotopic (exact) mass is 258 g/mol. The van der Waals surface area contributed by atoms with Crippen LogP contribution in [0.15, 0.2) is 23.1 Å². The summed E-state index contributed by atoms with van der Waals surface area (Å²) in [6, 6.07) is 3.27. The molecule has 4 N–H and O–H groups in total. The molecule has 6 nitrogen and oxygen atoms in total. The minimum atomic E-state index is -3.95. The highest BCUT2D eigenvalue weighted by Crippen LogP contribution is 2.24. The summed E-state index contributed by atoms with van der Waals surface area (Å²) in [5, 5.41) is 5.03. The fourth-order valence-electron chi connectivity index (χ4n) is 1.32. The molecule has 0 saturated heterocycles. The SMILES string of the molecule is COc1ccc(C(=O)C(C)N)cc1S(N)(=O)=O. The Morgan fingerprint density at radius 2 is 2.00 bits per heavy atom. The van der Waals surface area contributed by atoms with Gasteiger partial charge in [0.15, 0.2) is 5.78 Å². The first kappa shape index (κ1) is 13.6. The number of carbonyl (C=O) groups excluding carboxylic acids is 1. The number of rotatable bonds is 4. The van der Waals surface area contributed by atoms with E-state index < -0.39 is 16.1 Å². The van der Waals surface area contributed by atoms with Gasteiger partial charge in [-0.05, 0) is 25.1 Å². The van der Waals surface area contributed by atoms with Crippen molar-refractivity contribution in [2.45, 2.75) is 17.9 Å². The van der Waals surface area contributed by atoms with E-state index in [2.05, 4.69) is 0 Å². The molecule has 0 aliphatic heterocycles. The highest BCUT2D eigenvalue weighted by molar-refractivity contribution is 7.89. The molecule has 94 valence electrons. The van der Waals surface area contributed by atoms with Gasteiger partial charge in [-0.3, -0.25) is 4.79 Å². The van der Waals surface area contributed by atoms with E-state index in [0.717, 1.165) is 0 Å². The maximum absolute atomic E-state index is 11.6. The Kier molecular flexibility index (Phi) is 3.87. The molecule has 0 fully saturated rings. The highest BCUT2D eigenvalue weighted by Gasteiger charge is 2.19. The molecule has 1 atom stereocenters. The molecule has 0 spiro atoms. The number of hydrogen-bond acceptors (Lipinski definition) is 5. The van der Waals surface area contributed by atoms with E-state index in [1.54, 1.807) is 0 Å². The molecule has 1 rings (SSSR count). The number of benzene rings is 1. The van der Waals surface area contributed by atoms with Crippen LogP contribution in [0.1, 0.15) is 17.3 Å². The highest BCUT2D eigenvalue weighted by atomic mass is 32.2. The van der Waals surface area contributed by atoms with E-state index in [1.165, 1.54) is 32.2 Å². The molecule has 0 heterocycles. The van der Waals surface area contributed by atoms with Gasteiger partial charge < -0.3 is 10.5 Å². The third kappa shape index (κ3) is 3.02. The van der Waals surface area contributed by atoms with Crippen molar-refractivity contribution in [1.29, 1.82) is 0 Å². The first-order valence-corrected chi connectivity index (χ1v) is 6.32. The number of Topliss-reactive ketones (excluding diaryl/α,β-unsaturated/α-hetero) is 1. The lowest BCUT2D eigenvalue weighted by Gasteiger charge is -2.09. The summed E-state index contributed by atoms with van der Waals surface area (Å²) in [7, 11) is -2.63. The van der Waals surface area contributed by atoms with Gasteiger partial charge in [0.1, 0.15) is 10.6 Å². The van der Waals surface area contributed by atoms with Gasteiger partial charge in [-0.1, -0.05) is 0 Å². The molecule has 0 radical (unpaired) electrons. The predicted molar refractivity (Wildman–Crippen MR) is 62.3 cm³/mol. The van der Waals surface area contributed by atoms with Crippen LogP contribution in [0.3, 0.4) is 0 Å². The van der Waals surface area contributed by atoms with Crippen molar-refractivity contribution in [1.82, 2.24) is 0 Å². The van der Waals surface area contributed by atoms with Gasteiger partial charge in [0.2, 0.25) is 10.0 Å². The number of nitrogens with two attached hydrogens (primary N) is 2. The lowest BCUT2D eigenvalue weighted by Crippen LogP contribution is -2.27. The number of ether oxygens (including phenoxy) is 1. The standard InChI is InChI=1S/C10H14N2O4S/c1-6(11)10(13)7-3-4-8(16-2)9(5-7)17(12,14)15/h3-6H,11H2,1-2H3,(H2,12,14,15). The maximum Gasteiger partial charge on any atom is 0.241 e. The van der Waals surface area contributed by atoms with Crippen LogP contribution in [0.4, 0.5) is 0 Å². The third-order valence-electron chi connectivity index (χ3n) is 2.17. The first-order chi connectivity index (χ1) is 7.77. The molecule has 1 aromatic carbocycles. The summed E-state index contributed by atoms with van der Waals surface area (Å²) >= 11 is 0. The van der Waals surface area contributed by atoms with E-state index in [1.807, 2.05) is 0 Å². The van der Waals surface area contributed by atoms with Crippen molar-refractivity contribution < 1.29 is 17.9 Å². The topological polar surface area (TPSA) is 112 Å². The lowest BCUT2D eigenvalue weighted by atomic mass is 10.1. The van der Waals surface area contributed by atoms with Gasteiger partial charge in [-0.2, -0.15) is 0 Å². The van der Waals surface area contributed by atoms with Crippen LogP contribution in [0.25, 0.3) is 0 Å². The molecule has 0 amide bonds. The molecule has 0 aromatic heterocycles. The summed E-state index contributed by atoms with van der Waals surface area (Å²) in [6.07, 6.45) is 0. The molecule has 1 aromatic rings. The molecule has 0 aliphatic carbocycles. The zero-order valence-corrected chi connectivity index (χ0v) is 10.3. The predicted octanol–water partition coefficient (Wildman–Crippen LogP) is -0.127. The Hall–Kier alpha value is -1.44. The Morgan fingerprint density at radius 1 is 1.41 bits per heavy atom. The van der Waals surface area contributed by atoms with Gasteiger partial charge in [0.05, 0.1) is 13.2 Å². The number of carbonyl (C=O) groups is 1. The molecule has 17 heavy (non-hydrogen) atoms. The van der Waals surface area contributed by atoms with Gasteiger partial charge in [-0.25, -0.2) is 13.6 Å². The van der Waals surface area contributed by atoms with Crippen molar-refractivity contribution in [3.63, 3.8) is 0 Å². The average Bonchev–Trinajstić information content (AvgIpc) is 2.25. The smallest absolute Gasteiger partial charge is 0.241 e. The van der Waals surface area contributed by atoms with E-state index in [-0.39, 0.29) is 22.0 Å². The fraction of sp³-hybridized carbons (Fsp3) is 0.300. The minimum Gasteiger partial charge on any atom is -0.495 e. The first-order valence-electron chi connectivity index (χ1n) is 4.78. The largest absolute Gasteiger partial charge is 0.495 e. The molecule has 0 bridgehead atoms. The van der Waals surface area contributed by atoms with Crippen LogP contribution in [0, 0.1) is 0 Å². The van der Waals surface area contributed by atoms with E-state index in [4.69, 9.17) is 15.6 Å². The average molecular weight is 258 g/mol. The van der Waals surface area contributed by atoms with Crippen molar-refractivity contribution >= 4 is 15.8 Å². The molecule has 0 saturated carbocycles. The molecular formula is C10H14N2O4S. The van der Waals surface area contributed by atoms with Crippen LogP contribution in [0.2, 0.25) is 0 Å². The molecular weight excluding hydrogens is 244 g/mol. The summed E-state index contributed by atoms with van der Waals surface area (Å²) in [5.41, 5.74) is 5.62. The van der Waals surface area contributed by atoms with E-state index >= 15 is 0 Å². The van der Waals surface area contributed by atoms with Crippen molar-refractivity contribution in [2.75, 3.05) is 7.11 Å². The van der Waals surface area contributed by atoms with E-state index in [0.29, 0.717) is 0 Å². The number of hydrogen-bond donors (Lipinski definition) is 2. The fourth-order valence-corrected chi connectivity index (χ4v) is 2.04. The summed E-state index contributed by atoms with van der Waals surface area (Å²) in [4.78, 5) is 11.4. The van der Waals surface area contributed by atoms with Gasteiger partial charge in [0, 0.05) is 5.56 Å². The van der Waals surface area contributed by atoms with Crippen LogP contribution >= 0.6 is 0 Å². The Balaban J connectivity index is 3.38. The van der Waals surface area contributed by atoms with Gasteiger partial charge in [-0.15, -0.1) is 0 Å². The second-order valence-corrected chi connectivity index (χ2v) is 5.09. The summed E-state index contributed by atoms with van der Waals surface area (Å²) in [6.45, 7) is 1.52. The van der Waals surface area contributed by atoms with Gasteiger partial charge >= 0.3 is 0 Å². The van der Waals surface area contributed by atoms with Crippen molar-refractivity contribution in [3.05, 3.63) is 23.8 Å². The second kappa shape index (κ2) is 4.82. The second-order valence-electron chi connectivity index (χ2n) is 3.56. The number of ketones is 1. The van der Waals surface area contributed by atoms with Crippen LogP contribution in [-0.2, 0) is 10.0 Å². The van der Waals surface area contributed by atoms with Crippen molar-refractivity contribution in [2.24, 2.45) is 10.9 Å². The maximum atomic E-state index is 11.6. The zero-order chi connectivity index (χ0) is 13.2. The summed E-state index contributed by atoms with van der Waals surface area (Å²) in [5.74, 6) is -0.272. The Labute approximate surface area is 99.6 Å². The van der Waals surface area contributed by atoms with Crippen LogP contribution in [-0.4, -0.2) is 27.4 Å². The van der Waals surface area contributed by atoms with Crippen molar-refractivity contribution in [3.8, 4) is 5.75 Å². The Morgan fingerprint density at radius 3 is 2.41 bits per heavy atom. The van der Waals surface area contributed by atoms with E-state index in [9.17, 15) is 13.2 Å². The molecule has 7 heteroatoms. The third-order valence-corrected chi connectivity index (χ3v) is 3.10.